The molecule has 9 nitrogen and oxygen atoms in total. The van der Waals surface area contributed by atoms with Gasteiger partial charge in [0.05, 0.1) is 5.75 Å². The molecule has 35 heavy (non-hydrogen) atoms. The second-order valence-electron chi connectivity index (χ2n) is 9.71. The second-order valence-corrected chi connectivity index (χ2v) is 10.6. The third kappa shape index (κ3) is 4.59. The van der Waals surface area contributed by atoms with E-state index in [0.29, 0.717) is 11.1 Å². The van der Waals surface area contributed by atoms with E-state index in [4.69, 9.17) is 5.73 Å². The van der Waals surface area contributed by atoms with Crippen LogP contribution in [-0.4, -0.2) is 35.9 Å². The number of nitrogens with two attached hydrogens (primary N) is 1. The summed E-state index contributed by atoms with van der Waals surface area (Å²) in [5, 5.41) is 9.64. The van der Waals surface area contributed by atoms with Gasteiger partial charge in [0.1, 0.15) is 11.4 Å². The van der Waals surface area contributed by atoms with E-state index in [-0.39, 0.29) is 29.2 Å². The highest BCUT2D eigenvalue weighted by Gasteiger charge is 2.31. The third-order valence-electron chi connectivity index (χ3n) is 7.04. The normalized spacial score (nSPS) is 20.2. The third-order valence-corrected chi connectivity index (χ3v) is 7.99. The summed E-state index contributed by atoms with van der Waals surface area (Å²) in [6, 6.07) is 8.36. The van der Waals surface area contributed by atoms with E-state index in [2.05, 4.69) is 32.7 Å². The Balaban J connectivity index is 1.47. The van der Waals surface area contributed by atoms with Crippen molar-refractivity contribution in [2.75, 3.05) is 11.5 Å². The fourth-order valence-electron chi connectivity index (χ4n) is 5.07. The van der Waals surface area contributed by atoms with Gasteiger partial charge in [-0.25, -0.2) is 4.79 Å². The summed E-state index contributed by atoms with van der Waals surface area (Å²) in [4.78, 5) is 40.1. The zero-order valence-electron chi connectivity index (χ0n) is 20.0. The molecule has 2 aliphatic carbocycles. The van der Waals surface area contributed by atoms with Crippen molar-refractivity contribution in [2.24, 2.45) is 5.92 Å². The lowest BCUT2D eigenvalue weighted by Crippen LogP contribution is -2.36. The summed E-state index contributed by atoms with van der Waals surface area (Å²) in [6.07, 6.45) is 6.12. The number of thioether (sulfide) groups is 1. The minimum Gasteiger partial charge on any atom is -0.384 e. The number of hydrogen-bond acceptors (Lipinski definition) is 7. The summed E-state index contributed by atoms with van der Waals surface area (Å²) in [5.41, 5.74) is 6.81. The van der Waals surface area contributed by atoms with E-state index >= 15 is 0 Å². The smallest absolute Gasteiger partial charge is 0.330 e. The molecule has 0 aliphatic heterocycles. The number of hydrogen-bond donors (Lipinski definition) is 2. The molecule has 2 fully saturated rings. The lowest BCUT2D eigenvalue weighted by atomic mass is 9.85. The SMILES string of the molecule is Cc1cccc(-c2nnc(SCC(=O)c3c(N)n(C4CC4)c(=O)[nH]c3=O)n2[C@@H]2CCCC[C@@H]2C)c1. The lowest BCUT2D eigenvalue weighted by Gasteiger charge is -2.31. The number of rotatable bonds is 7. The molecule has 3 N–H and O–H groups in total. The fourth-order valence-corrected chi connectivity index (χ4v) is 5.93. The summed E-state index contributed by atoms with van der Waals surface area (Å²) in [7, 11) is 0. The van der Waals surface area contributed by atoms with Crippen molar-refractivity contribution in [3.05, 3.63) is 56.2 Å². The first-order valence-electron chi connectivity index (χ1n) is 12.2. The predicted molar refractivity (Wildman–Crippen MR) is 136 cm³/mol. The molecule has 0 radical (unpaired) electrons. The van der Waals surface area contributed by atoms with Gasteiger partial charge in [-0.2, -0.15) is 0 Å². The minimum absolute atomic E-state index is 0.0246. The number of benzene rings is 1. The predicted octanol–water partition coefficient (Wildman–Crippen LogP) is 3.75. The van der Waals surface area contributed by atoms with Crippen LogP contribution in [0, 0.1) is 12.8 Å². The molecule has 5 rings (SSSR count). The Morgan fingerprint density at radius 1 is 1.14 bits per heavy atom. The Hall–Kier alpha value is -3.14. The van der Waals surface area contributed by atoms with Crippen LogP contribution in [0.1, 0.15) is 73.5 Å². The molecule has 2 saturated carbocycles. The van der Waals surface area contributed by atoms with E-state index in [1.807, 2.05) is 25.1 Å². The van der Waals surface area contributed by atoms with Crippen LogP contribution < -0.4 is 17.0 Å². The molecule has 0 spiro atoms. The summed E-state index contributed by atoms with van der Waals surface area (Å²) in [5.74, 6) is 0.755. The van der Waals surface area contributed by atoms with Gasteiger partial charge in [-0.05, 0) is 44.6 Å². The molecule has 2 heterocycles. The molecule has 2 atom stereocenters. The number of carbonyl (C=O) groups is 1. The number of Topliss-reactive ketones (excluding diaryl/α,β-unsaturated/α-hetero) is 1. The number of anilines is 1. The minimum atomic E-state index is -0.738. The van der Waals surface area contributed by atoms with Crippen molar-refractivity contribution in [3.63, 3.8) is 0 Å². The van der Waals surface area contributed by atoms with Crippen LogP contribution in [0.3, 0.4) is 0 Å². The molecule has 3 aromatic rings. The van der Waals surface area contributed by atoms with Gasteiger partial charge in [0, 0.05) is 17.6 Å². The molecule has 0 unspecified atom stereocenters. The Kier molecular flexibility index (Phi) is 6.39. The first kappa shape index (κ1) is 23.6. The molecule has 0 saturated heterocycles. The molecule has 2 aliphatic rings. The monoisotopic (exact) mass is 494 g/mol. The molecular formula is C25H30N6O3S. The number of carbonyl (C=O) groups excluding carboxylic acids is 1. The summed E-state index contributed by atoms with van der Waals surface area (Å²) < 4.78 is 3.51. The van der Waals surface area contributed by atoms with Crippen LogP contribution in [0.4, 0.5) is 5.82 Å². The summed E-state index contributed by atoms with van der Waals surface area (Å²) >= 11 is 1.26. The highest BCUT2D eigenvalue weighted by atomic mass is 32.2. The zero-order chi connectivity index (χ0) is 24.7. The van der Waals surface area contributed by atoms with Crippen LogP contribution in [0.25, 0.3) is 11.4 Å². The number of ketones is 1. The van der Waals surface area contributed by atoms with E-state index in [1.54, 1.807) is 0 Å². The molecule has 184 valence electrons. The van der Waals surface area contributed by atoms with Gasteiger partial charge < -0.3 is 5.73 Å². The van der Waals surface area contributed by atoms with Gasteiger partial charge in [-0.1, -0.05) is 55.3 Å². The van der Waals surface area contributed by atoms with Crippen LogP contribution in [0.5, 0.6) is 0 Å². The van der Waals surface area contributed by atoms with E-state index in [1.165, 1.54) is 22.7 Å². The Morgan fingerprint density at radius 2 is 1.91 bits per heavy atom. The van der Waals surface area contributed by atoms with Crippen LogP contribution in [-0.2, 0) is 0 Å². The highest BCUT2D eigenvalue weighted by molar-refractivity contribution is 7.99. The number of nitrogens with one attached hydrogen (secondary N) is 1. The van der Waals surface area contributed by atoms with Crippen molar-refractivity contribution in [3.8, 4) is 11.4 Å². The van der Waals surface area contributed by atoms with Gasteiger partial charge >= 0.3 is 5.69 Å². The van der Waals surface area contributed by atoms with Crippen molar-refractivity contribution in [1.82, 2.24) is 24.3 Å². The first-order valence-corrected chi connectivity index (χ1v) is 13.2. The zero-order valence-corrected chi connectivity index (χ0v) is 20.8. The number of nitrogen functional groups attached to an aromatic ring is 1. The molecule has 1 aromatic carbocycles. The molecule has 0 amide bonds. The van der Waals surface area contributed by atoms with Crippen LogP contribution in [0.15, 0.2) is 39.0 Å². The lowest BCUT2D eigenvalue weighted by molar-refractivity contribution is 0.102. The average Bonchev–Trinajstić information content (AvgIpc) is 3.55. The van der Waals surface area contributed by atoms with Crippen LogP contribution >= 0.6 is 11.8 Å². The standard InChI is InChI=1S/C25H30N6O3S/c1-14-6-5-8-16(12-14)22-28-29-25(31(22)18-9-4-3-7-15(18)2)35-13-19(32)20-21(26)30(17-10-11-17)24(34)27-23(20)33/h5-6,8,12,15,17-18H,3-4,7,9-11,13,26H2,1-2H3,(H,27,33,34)/t15-,18+/m0/s1. The van der Waals surface area contributed by atoms with Gasteiger partial charge in [0.2, 0.25) is 0 Å². The van der Waals surface area contributed by atoms with E-state index < -0.39 is 17.0 Å². The second kappa shape index (κ2) is 9.49. The number of H-pyrrole nitrogens is 1. The average molecular weight is 495 g/mol. The van der Waals surface area contributed by atoms with Crippen molar-refractivity contribution >= 4 is 23.4 Å². The highest BCUT2D eigenvalue weighted by Crippen LogP contribution is 2.39. The maximum atomic E-state index is 13.1. The number of nitrogens with zero attached hydrogens (tertiary/aromatic N) is 4. The van der Waals surface area contributed by atoms with Crippen LogP contribution in [0.2, 0.25) is 0 Å². The maximum Gasteiger partial charge on any atom is 0.330 e. The Labute approximate surface area is 207 Å². The molecular weight excluding hydrogens is 464 g/mol. The molecule has 10 heteroatoms. The number of aromatic amines is 1. The van der Waals surface area contributed by atoms with Crippen molar-refractivity contribution in [2.45, 2.75) is 69.6 Å². The fraction of sp³-hybridized carbons (Fsp3) is 0.480. The topological polar surface area (TPSA) is 129 Å². The quantitative estimate of drug-likeness (QED) is 0.378. The summed E-state index contributed by atoms with van der Waals surface area (Å²) in [6.45, 7) is 4.30. The van der Waals surface area contributed by atoms with Gasteiger partial charge in [0.15, 0.2) is 16.8 Å². The number of aromatic nitrogens is 5. The van der Waals surface area contributed by atoms with E-state index in [9.17, 15) is 14.4 Å². The van der Waals surface area contributed by atoms with Gasteiger partial charge in [0.25, 0.3) is 5.56 Å². The Morgan fingerprint density at radius 3 is 2.63 bits per heavy atom. The maximum absolute atomic E-state index is 13.1. The Bertz CT molecular complexity index is 1390. The number of aryl methyl sites for hydroxylation is 1. The molecule has 2 aromatic heterocycles. The van der Waals surface area contributed by atoms with Gasteiger partial charge in [-0.15, -0.1) is 10.2 Å². The van der Waals surface area contributed by atoms with Crippen molar-refractivity contribution < 1.29 is 4.79 Å². The van der Waals surface area contributed by atoms with Crippen molar-refractivity contribution in [1.29, 1.82) is 0 Å². The van der Waals surface area contributed by atoms with E-state index in [0.717, 1.165) is 49.1 Å². The largest absolute Gasteiger partial charge is 0.384 e. The first-order chi connectivity index (χ1) is 16.8. The van der Waals surface area contributed by atoms with Gasteiger partial charge in [-0.3, -0.25) is 23.7 Å². The molecule has 0 bridgehead atoms.